The number of likely N-dealkylation sites (N-methyl/N-ethyl adjacent to an activating group) is 1. The van der Waals surface area contributed by atoms with Gasteiger partial charge in [0, 0.05) is 28.7 Å². The average molecular weight is 339 g/mol. The molecule has 0 bridgehead atoms. The lowest BCUT2D eigenvalue weighted by Crippen LogP contribution is -2.28. The summed E-state index contributed by atoms with van der Waals surface area (Å²) in [6.07, 6.45) is 3.27. The molecule has 24 heavy (non-hydrogen) atoms. The summed E-state index contributed by atoms with van der Waals surface area (Å²) >= 11 is 1.47. The average Bonchev–Trinajstić information content (AvgIpc) is 2.89. The second-order valence-electron chi connectivity index (χ2n) is 5.46. The maximum absolute atomic E-state index is 12.6. The number of anilines is 2. The van der Waals surface area contributed by atoms with Crippen LogP contribution in [0.15, 0.2) is 60.7 Å². The molecule has 1 aromatic carbocycles. The Labute approximate surface area is 146 Å². The van der Waals surface area contributed by atoms with Gasteiger partial charge in [-0.15, -0.1) is 11.3 Å². The second-order valence-corrected chi connectivity index (χ2v) is 6.70. The van der Waals surface area contributed by atoms with Crippen LogP contribution in [-0.4, -0.2) is 17.9 Å². The van der Waals surface area contributed by atoms with Crippen molar-refractivity contribution in [3.63, 3.8) is 0 Å². The van der Waals surface area contributed by atoms with E-state index in [0.29, 0.717) is 16.3 Å². The fraction of sp³-hybridized carbons (Fsp3) is 0.158. The predicted molar refractivity (Wildman–Crippen MR) is 103 cm³/mol. The van der Waals surface area contributed by atoms with E-state index in [2.05, 4.69) is 18.1 Å². The number of nitrogens with zero attached hydrogens (tertiary/aromatic N) is 2. The van der Waals surface area contributed by atoms with E-state index in [0.717, 1.165) is 21.8 Å². The van der Waals surface area contributed by atoms with Crippen molar-refractivity contribution < 1.29 is 4.79 Å². The number of allylic oxidation sites excluding steroid dienone is 2. The fourth-order valence-electron chi connectivity index (χ4n) is 2.34. The van der Waals surface area contributed by atoms with Crippen molar-refractivity contribution in [1.82, 2.24) is 4.98 Å². The van der Waals surface area contributed by atoms with Crippen molar-refractivity contribution in [3.05, 3.63) is 65.6 Å². The Morgan fingerprint density at radius 3 is 2.42 bits per heavy atom. The Balaban J connectivity index is 2.28. The molecule has 0 saturated heterocycles. The summed E-state index contributed by atoms with van der Waals surface area (Å²) in [5.41, 5.74) is 9.66. The van der Waals surface area contributed by atoms with Crippen LogP contribution in [0.4, 0.5) is 10.8 Å². The highest BCUT2D eigenvalue weighted by molar-refractivity contribution is 7.15. The molecule has 2 N–H and O–H groups in total. The van der Waals surface area contributed by atoms with Crippen molar-refractivity contribution in [2.24, 2.45) is 0 Å². The third kappa shape index (κ3) is 3.63. The molecule has 0 fully saturated rings. The first-order valence-corrected chi connectivity index (χ1v) is 8.26. The summed E-state index contributed by atoms with van der Waals surface area (Å²) < 4.78 is 0. The molecule has 5 heteroatoms. The number of hydrogen-bond acceptors (Lipinski definition) is 4. The summed E-state index contributed by atoms with van der Waals surface area (Å²) in [4.78, 5) is 19.6. The van der Waals surface area contributed by atoms with Crippen LogP contribution in [0, 0.1) is 6.92 Å². The normalized spacial score (nSPS) is 11.2. The first-order valence-electron chi connectivity index (χ1n) is 7.45. The van der Waals surface area contributed by atoms with E-state index in [-0.39, 0.29) is 5.91 Å². The zero-order valence-corrected chi connectivity index (χ0v) is 15.0. The molecule has 0 aliphatic carbocycles. The second kappa shape index (κ2) is 7.27. The monoisotopic (exact) mass is 339 g/mol. The quantitative estimate of drug-likeness (QED) is 0.651. The molecule has 0 unspecified atom stereocenters. The summed E-state index contributed by atoms with van der Waals surface area (Å²) in [6, 6.07) is 7.68. The summed E-state index contributed by atoms with van der Waals surface area (Å²) in [6.45, 7) is 11.3. The number of hydrogen-bond donors (Lipinski definition) is 1. The molecule has 1 aromatic heterocycles. The molecular weight excluding hydrogens is 318 g/mol. The van der Waals surface area contributed by atoms with Gasteiger partial charge in [0.2, 0.25) is 0 Å². The first kappa shape index (κ1) is 17.7. The standard InChI is InChI=1S/C19H21N3OS/c1-6-7-16(12(2)3)18(23)22(5)15-10-8-14(9-11-15)17-13(4)24-19(20)21-17/h6-11H,1-2H2,3-5H3,(H2,20,21)/b16-7+. The van der Waals surface area contributed by atoms with Crippen LogP contribution in [0.25, 0.3) is 11.3 Å². The maximum atomic E-state index is 12.6. The Hall–Kier alpha value is -2.66. The van der Waals surface area contributed by atoms with Gasteiger partial charge in [0.1, 0.15) is 0 Å². The van der Waals surface area contributed by atoms with Gasteiger partial charge in [0.15, 0.2) is 5.13 Å². The van der Waals surface area contributed by atoms with Crippen molar-refractivity contribution in [3.8, 4) is 11.3 Å². The number of benzene rings is 1. The minimum atomic E-state index is -0.121. The summed E-state index contributed by atoms with van der Waals surface area (Å²) in [5.74, 6) is -0.121. The molecule has 2 rings (SSSR count). The van der Waals surface area contributed by atoms with Crippen molar-refractivity contribution in [2.75, 3.05) is 17.7 Å². The number of aryl methyl sites for hydroxylation is 1. The lowest BCUT2D eigenvalue weighted by molar-refractivity contribution is -0.114. The minimum absolute atomic E-state index is 0.121. The zero-order valence-electron chi connectivity index (χ0n) is 14.2. The number of amides is 1. The number of aromatic nitrogens is 1. The molecule has 2 aromatic rings. The van der Waals surface area contributed by atoms with Gasteiger partial charge in [-0.25, -0.2) is 4.98 Å². The summed E-state index contributed by atoms with van der Waals surface area (Å²) in [7, 11) is 1.74. The highest BCUT2D eigenvalue weighted by atomic mass is 32.1. The minimum Gasteiger partial charge on any atom is -0.375 e. The summed E-state index contributed by atoms with van der Waals surface area (Å²) in [5, 5.41) is 0.555. The Bertz CT molecular complexity index is 816. The van der Waals surface area contributed by atoms with Crippen LogP contribution >= 0.6 is 11.3 Å². The van der Waals surface area contributed by atoms with E-state index in [9.17, 15) is 4.79 Å². The Morgan fingerprint density at radius 1 is 1.33 bits per heavy atom. The predicted octanol–water partition coefficient (Wildman–Crippen LogP) is 4.35. The third-order valence-electron chi connectivity index (χ3n) is 3.62. The van der Waals surface area contributed by atoms with Crippen molar-refractivity contribution >= 4 is 28.1 Å². The molecule has 0 aliphatic heterocycles. The molecule has 0 aliphatic rings. The molecule has 0 radical (unpaired) electrons. The molecule has 0 saturated carbocycles. The molecule has 0 atom stereocenters. The maximum Gasteiger partial charge on any atom is 0.258 e. The van der Waals surface area contributed by atoms with Gasteiger partial charge in [-0.3, -0.25) is 4.79 Å². The van der Waals surface area contributed by atoms with E-state index >= 15 is 0 Å². The smallest absolute Gasteiger partial charge is 0.258 e. The van der Waals surface area contributed by atoms with Gasteiger partial charge in [-0.1, -0.05) is 31.4 Å². The van der Waals surface area contributed by atoms with E-state index in [4.69, 9.17) is 5.73 Å². The molecule has 124 valence electrons. The van der Waals surface area contributed by atoms with E-state index in [1.807, 2.05) is 31.2 Å². The fourth-order valence-corrected chi connectivity index (χ4v) is 3.05. The van der Waals surface area contributed by atoms with Gasteiger partial charge < -0.3 is 10.6 Å². The number of rotatable bonds is 5. The number of nitrogens with two attached hydrogens (primary N) is 1. The van der Waals surface area contributed by atoms with Crippen LogP contribution in [0.2, 0.25) is 0 Å². The van der Waals surface area contributed by atoms with Gasteiger partial charge in [0.05, 0.1) is 5.69 Å². The molecule has 0 spiro atoms. The highest BCUT2D eigenvalue weighted by Crippen LogP contribution is 2.30. The Morgan fingerprint density at radius 2 is 1.96 bits per heavy atom. The van der Waals surface area contributed by atoms with E-state index < -0.39 is 0 Å². The lowest BCUT2D eigenvalue weighted by Gasteiger charge is -2.19. The SMILES string of the molecule is C=C/C=C(\C(=C)C)C(=O)N(C)c1ccc(-c2nc(N)sc2C)cc1. The number of nitrogen functional groups attached to an aromatic ring is 1. The largest absolute Gasteiger partial charge is 0.375 e. The third-order valence-corrected chi connectivity index (χ3v) is 4.42. The highest BCUT2D eigenvalue weighted by Gasteiger charge is 2.17. The lowest BCUT2D eigenvalue weighted by atomic mass is 10.1. The van der Waals surface area contributed by atoms with Crippen LogP contribution in [0.5, 0.6) is 0 Å². The number of carbonyl (C=O) groups is 1. The van der Waals surface area contributed by atoms with Crippen LogP contribution in [0.3, 0.4) is 0 Å². The number of carbonyl (C=O) groups excluding carboxylic acids is 1. The van der Waals surface area contributed by atoms with Gasteiger partial charge in [-0.05, 0) is 37.6 Å². The van der Waals surface area contributed by atoms with Crippen molar-refractivity contribution in [1.29, 1.82) is 0 Å². The Kier molecular flexibility index (Phi) is 5.36. The van der Waals surface area contributed by atoms with Gasteiger partial charge >= 0.3 is 0 Å². The number of thiazole rings is 1. The van der Waals surface area contributed by atoms with Crippen LogP contribution in [0.1, 0.15) is 11.8 Å². The van der Waals surface area contributed by atoms with Gasteiger partial charge in [0.25, 0.3) is 5.91 Å². The van der Waals surface area contributed by atoms with Crippen LogP contribution < -0.4 is 10.6 Å². The first-order chi connectivity index (χ1) is 11.3. The molecule has 1 heterocycles. The molecular formula is C19H21N3OS. The van der Waals surface area contributed by atoms with Crippen molar-refractivity contribution in [2.45, 2.75) is 13.8 Å². The molecule has 4 nitrogen and oxygen atoms in total. The zero-order chi connectivity index (χ0) is 17.9. The van der Waals surface area contributed by atoms with Crippen LogP contribution in [-0.2, 0) is 4.79 Å². The van der Waals surface area contributed by atoms with E-state index in [1.54, 1.807) is 31.0 Å². The van der Waals surface area contributed by atoms with E-state index in [1.165, 1.54) is 11.3 Å². The topological polar surface area (TPSA) is 59.2 Å². The van der Waals surface area contributed by atoms with Gasteiger partial charge in [-0.2, -0.15) is 0 Å². The molecule has 1 amide bonds.